The SMILES string of the molecule is CN1C(N)=Nc2cc(-c3c(F)cccc3N3CCCC3)ccc2C1N. The van der Waals surface area contributed by atoms with Gasteiger partial charge in [0.15, 0.2) is 5.96 Å². The zero-order valence-electron chi connectivity index (χ0n) is 14.2. The first-order valence-corrected chi connectivity index (χ1v) is 8.56. The summed E-state index contributed by atoms with van der Waals surface area (Å²) >= 11 is 0. The van der Waals surface area contributed by atoms with Crippen LogP contribution in [0.1, 0.15) is 24.6 Å². The summed E-state index contributed by atoms with van der Waals surface area (Å²) in [6, 6.07) is 11.0. The van der Waals surface area contributed by atoms with Crippen molar-refractivity contribution in [2.24, 2.45) is 16.5 Å². The first-order chi connectivity index (χ1) is 12.1. The van der Waals surface area contributed by atoms with Crippen molar-refractivity contribution in [3.63, 3.8) is 0 Å². The fourth-order valence-corrected chi connectivity index (χ4v) is 3.62. The molecular formula is C19H22FN5. The van der Waals surface area contributed by atoms with Gasteiger partial charge < -0.3 is 21.3 Å². The van der Waals surface area contributed by atoms with Gasteiger partial charge in [0.25, 0.3) is 0 Å². The van der Waals surface area contributed by atoms with Gasteiger partial charge in [-0.1, -0.05) is 18.2 Å². The van der Waals surface area contributed by atoms with Crippen molar-refractivity contribution in [1.82, 2.24) is 4.90 Å². The third-order valence-electron chi connectivity index (χ3n) is 5.09. The number of guanidine groups is 1. The van der Waals surface area contributed by atoms with E-state index in [4.69, 9.17) is 11.5 Å². The van der Waals surface area contributed by atoms with Gasteiger partial charge in [0, 0.05) is 37.0 Å². The van der Waals surface area contributed by atoms with E-state index in [1.807, 2.05) is 31.3 Å². The topological polar surface area (TPSA) is 70.9 Å². The molecule has 0 radical (unpaired) electrons. The molecule has 2 aromatic carbocycles. The number of nitrogens with zero attached hydrogens (tertiary/aromatic N) is 3. The number of fused-ring (bicyclic) bond motifs is 1. The van der Waals surface area contributed by atoms with E-state index in [2.05, 4.69) is 9.89 Å². The molecule has 5 nitrogen and oxygen atoms in total. The highest BCUT2D eigenvalue weighted by molar-refractivity contribution is 5.87. The van der Waals surface area contributed by atoms with Crippen molar-refractivity contribution >= 4 is 17.3 Å². The molecule has 2 aromatic rings. The normalized spacial score (nSPS) is 19.8. The second-order valence-electron chi connectivity index (χ2n) is 6.63. The lowest BCUT2D eigenvalue weighted by atomic mass is 9.98. The van der Waals surface area contributed by atoms with Crippen molar-refractivity contribution in [3.8, 4) is 11.1 Å². The number of halogens is 1. The van der Waals surface area contributed by atoms with Crippen LogP contribution in [0, 0.1) is 5.82 Å². The van der Waals surface area contributed by atoms with E-state index in [-0.39, 0.29) is 12.0 Å². The monoisotopic (exact) mass is 339 g/mol. The summed E-state index contributed by atoms with van der Waals surface area (Å²) in [6.07, 6.45) is 1.94. The molecule has 1 fully saturated rings. The number of benzene rings is 2. The van der Waals surface area contributed by atoms with Crippen molar-refractivity contribution in [1.29, 1.82) is 0 Å². The molecule has 0 amide bonds. The van der Waals surface area contributed by atoms with Gasteiger partial charge in [0.2, 0.25) is 0 Å². The van der Waals surface area contributed by atoms with E-state index in [0.29, 0.717) is 17.2 Å². The van der Waals surface area contributed by atoms with Crippen molar-refractivity contribution in [2.75, 3.05) is 25.0 Å². The highest BCUT2D eigenvalue weighted by Crippen LogP contribution is 2.39. The summed E-state index contributed by atoms with van der Waals surface area (Å²) in [6.45, 7) is 1.92. The van der Waals surface area contributed by atoms with Crippen LogP contribution >= 0.6 is 0 Å². The van der Waals surface area contributed by atoms with Crippen LogP contribution in [0.25, 0.3) is 11.1 Å². The number of hydrogen-bond donors (Lipinski definition) is 2. The predicted octanol–water partition coefficient (Wildman–Crippen LogP) is 2.94. The van der Waals surface area contributed by atoms with E-state index in [9.17, 15) is 4.39 Å². The molecule has 0 spiro atoms. The molecule has 0 saturated carbocycles. The van der Waals surface area contributed by atoms with Gasteiger partial charge >= 0.3 is 0 Å². The van der Waals surface area contributed by atoms with E-state index in [1.54, 1.807) is 11.0 Å². The van der Waals surface area contributed by atoms with Gasteiger partial charge in [-0.3, -0.25) is 0 Å². The first kappa shape index (κ1) is 15.9. The standard InChI is InChI=1S/C19H22FN5/c1-24-18(21)13-8-7-12(11-15(13)23-19(24)22)17-14(20)5-4-6-16(17)25-9-2-3-10-25/h4-8,11,18H,2-3,9-10,21H2,1H3,(H2,22,23). The molecule has 130 valence electrons. The van der Waals surface area contributed by atoms with Crippen LogP contribution in [0.3, 0.4) is 0 Å². The van der Waals surface area contributed by atoms with E-state index in [0.717, 1.165) is 42.7 Å². The number of aliphatic imine (C=N–C) groups is 1. The fourth-order valence-electron chi connectivity index (χ4n) is 3.62. The van der Waals surface area contributed by atoms with Crippen molar-refractivity contribution in [2.45, 2.75) is 19.0 Å². The zero-order chi connectivity index (χ0) is 17.6. The van der Waals surface area contributed by atoms with E-state index >= 15 is 0 Å². The summed E-state index contributed by atoms with van der Waals surface area (Å²) in [4.78, 5) is 8.39. The summed E-state index contributed by atoms with van der Waals surface area (Å²) < 4.78 is 14.7. The molecule has 0 aromatic heterocycles. The number of nitrogens with two attached hydrogens (primary N) is 2. The molecule has 4 rings (SSSR count). The van der Waals surface area contributed by atoms with Crippen molar-refractivity contribution < 1.29 is 4.39 Å². The molecule has 0 bridgehead atoms. The van der Waals surface area contributed by atoms with Crippen LogP contribution in [0.2, 0.25) is 0 Å². The molecule has 2 aliphatic heterocycles. The maximum atomic E-state index is 14.7. The Kier molecular flexibility index (Phi) is 3.84. The fraction of sp³-hybridized carbons (Fsp3) is 0.316. The van der Waals surface area contributed by atoms with Gasteiger partial charge in [0.05, 0.1) is 5.69 Å². The summed E-state index contributed by atoms with van der Waals surface area (Å²) in [5.74, 6) is 0.143. The smallest absolute Gasteiger partial charge is 0.197 e. The number of hydrogen-bond acceptors (Lipinski definition) is 5. The summed E-state index contributed by atoms with van der Waals surface area (Å²) in [5, 5.41) is 0. The van der Waals surface area contributed by atoms with Gasteiger partial charge in [-0.05, 0) is 36.6 Å². The maximum absolute atomic E-state index is 14.7. The van der Waals surface area contributed by atoms with E-state index < -0.39 is 0 Å². The Balaban J connectivity index is 1.84. The lowest BCUT2D eigenvalue weighted by Crippen LogP contribution is -2.42. The lowest BCUT2D eigenvalue weighted by Gasteiger charge is -2.31. The molecule has 4 N–H and O–H groups in total. The second kappa shape index (κ2) is 6.04. The summed E-state index contributed by atoms with van der Waals surface area (Å²) in [7, 11) is 1.81. The Morgan fingerprint density at radius 3 is 2.68 bits per heavy atom. The Labute approximate surface area is 146 Å². The quantitative estimate of drug-likeness (QED) is 0.882. The van der Waals surface area contributed by atoms with Gasteiger partial charge in [-0.15, -0.1) is 0 Å². The molecule has 6 heteroatoms. The molecule has 1 unspecified atom stereocenters. The minimum absolute atomic E-state index is 0.224. The van der Waals surface area contributed by atoms with Crippen LogP contribution in [0.15, 0.2) is 41.4 Å². The van der Waals surface area contributed by atoms with Crippen LogP contribution in [-0.4, -0.2) is 31.0 Å². The van der Waals surface area contributed by atoms with Crippen LogP contribution in [0.4, 0.5) is 15.8 Å². The molecule has 2 aliphatic rings. The third kappa shape index (κ3) is 2.62. The van der Waals surface area contributed by atoms with Gasteiger partial charge in [0.1, 0.15) is 12.0 Å². The Hall–Kier alpha value is -2.60. The number of rotatable bonds is 2. The lowest BCUT2D eigenvalue weighted by molar-refractivity contribution is 0.375. The average Bonchev–Trinajstić information content (AvgIpc) is 3.13. The minimum atomic E-state index is -0.347. The van der Waals surface area contributed by atoms with Crippen molar-refractivity contribution in [3.05, 3.63) is 47.8 Å². The molecule has 1 saturated heterocycles. The molecule has 0 aliphatic carbocycles. The largest absolute Gasteiger partial charge is 0.371 e. The Morgan fingerprint density at radius 1 is 1.16 bits per heavy atom. The molecule has 25 heavy (non-hydrogen) atoms. The Bertz CT molecular complexity index is 842. The maximum Gasteiger partial charge on any atom is 0.197 e. The third-order valence-corrected chi connectivity index (χ3v) is 5.09. The highest BCUT2D eigenvalue weighted by Gasteiger charge is 2.25. The van der Waals surface area contributed by atoms with Crippen LogP contribution in [0.5, 0.6) is 0 Å². The minimum Gasteiger partial charge on any atom is -0.371 e. The van der Waals surface area contributed by atoms with Gasteiger partial charge in [-0.25, -0.2) is 9.38 Å². The summed E-state index contributed by atoms with van der Waals surface area (Å²) in [5.41, 5.74) is 16.1. The zero-order valence-corrected chi connectivity index (χ0v) is 14.2. The van der Waals surface area contributed by atoms with Crippen LogP contribution in [-0.2, 0) is 0 Å². The van der Waals surface area contributed by atoms with E-state index in [1.165, 1.54) is 6.07 Å². The highest BCUT2D eigenvalue weighted by atomic mass is 19.1. The predicted molar refractivity (Wildman–Crippen MR) is 99.3 cm³/mol. The average molecular weight is 339 g/mol. The molecular weight excluding hydrogens is 317 g/mol. The molecule has 1 atom stereocenters. The second-order valence-corrected chi connectivity index (χ2v) is 6.63. The van der Waals surface area contributed by atoms with Gasteiger partial charge in [-0.2, -0.15) is 0 Å². The Morgan fingerprint density at radius 2 is 1.92 bits per heavy atom. The number of anilines is 1. The molecule has 2 heterocycles. The van der Waals surface area contributed by atoms with Crippen LogP contribution < -0.4 is 16.4 Å². The first-order valence-electron chi connectivity index (χ1n) is 8.56.